The lowest BCUT2D eigenvalue weighted by Crippen LogP contribution is -2.57. The Kier molecular flexibility index (Phi) is 9.52. The van der Waals surface area contributed by atoms with Crippen LogP contribution in [0, 0.1) is 13.8 Å². The minimum absolute atomic E-state index is 0.160. The molecule has 0 bridgehead atoms. The van der Waals surface area contributed by atoms with Crippen LogP contribution in [-0.4, -0.2) is 115 Å². The zero-order valence-electron chi connectivity index (χ0n) is 28.1. The quantitative estimate of drug-likeness (QED) is 0.355. The molecule has 5 heterocycles. The predicted molar refractivity (Wildman–Crippen MR) is 189 cm³/mol. The third kappa shape index (κ3) is 6.85. The van der Waals surface area contributed by atoms with E-state index >= 15 is 0 Å². The van der Waals surface area contributed by atoms with Gasteiger partial charge >= 0.3 is 6.03 Å². The number of carbonyl (C=O) groups is 1. The molecule has 4 aliphatic heterocycles. The number of hydrogen-bond acceptors (Lipinski definition) is 8. The molecule has 3 fully saturated rings. The smallest absolute Gasteiger partial charge is 0.320 e. The standard InChI is InChI=1S/C37H47N7O4/c1-25-4-3-5-27(20-25)33(45)24-39-31-6-9-38-36(46)34(31)32-23-28-22-30(21-26(2)35(28)40-32)41-10-7-29(8-11-41)42-12-14-43(15-13-42)37(47)44-16-18-48-19-17-44/h3-6,9,20-22,29,33,45H,7-8,10-19,23-24H2,1-2H3,(H2,38,39,46). The first-order chi connectivity index (χ1) is 23.3. The van der Waals surface area contributed by atoms with Crippen molar-refractivity contribution >= 4 is 28.8 Å². The van der Waals surface area contributed by atoms with Crippen LogP contribution in [0.2, 0.25) is 0 Å². The van der Waals surface area contributed by atoms with Gasteiger partial charge in [0.15, 0.2) is 0 Å². The van der Waals surface area contributed by atoms with Crippen molar-refractivity contribution in [1.82, 2.24) is 19.7 Å². The zero-order valence-corrected chi connectivity index (χ0v) is 28.1. The summed E-state index contributed by atoms with van der Waals surface area (Å²) in [6, 6.07) is 14.9. The lowest BCUT2D eigenvalue weighted by Gasteiger charge is -2.44. The van der Waals surface area contributed by atoms with Crippen LogP contribution in [-0.2, 0) is 11.2 Å². The third-order valence-corrected chi connectivity index (χ3v) is 10.3. The van der Waals surface area contributed by atoms with Crippen molar-refractivity contribution in [1.29, 1.82) is 0 Å². The Balaban J connectivity index is 0.962. The number of carbonyl (C=O) groups excluding carboxylic acids is 1. The Labute approximate surface area is 282 Å². The Morgan fingerprint density at radius 1 is 1.00 bits per heavy atom. The topological polar surface area (TPSA) is 117 Å². The number of aliphatic imine (C=N–C) groups is 1. The minimum Gasteiger partial charge on any atom is -0.387 e. The highest BCUT2D eigenvalue weighted by molar-refractivity contribution is 6.10. The number of nitrogens with zero attached hydrogens (tertiary/aromatic N) is 5. The number of aromatic amines is 1. The van der Waals surface area contributed by atoms with Crippen LogP contribution in [0.4, 0.5) is 21.9 Å². The fourth-order valence-electron chi connectivity index (χ4n) is 7.64. The van der Waals surface area contributed by atoms with Crippen LogP contribution in [0.15, 0.2) is 58.4 Å². The van der Waals surface area contributed by atoms with Gasteiger partial charge in [-0.25, -0.2) is 4.79 Å². The summed E-state index contributed by atoms with van der Waals surface area (Å²) in [6.07, 6.45) is 3.70. The van der Waals surface area contributed by atoms with Gasteiger partial charge in [0.05, 0.1) is 42.0 Å². The van der Waals surface area contributed by atoms with Crippen molar-refractivity contribution in [2.75, 3.05) is 82.3 Å². The Morgan fingerprint density at radius 3 is 2.50 bits per heavy atom. The highest BCUT2D eigenvalue weighted by Gasteiger charge is 2.32. The van der Waals surface area contributed by atoms with Crippen molar-refractivity contribution in [3.05, 3.63) is 86.8 Å². The third-order valence-electron chi connectivity index (χ3n) is 10.3. The Morgan fingerprint density at radius 2 is 1.75 bits per heavy atom. The number of rotatable bonds is 7. The van der Waals surface area contributed by atoms with Gasteiger partial charge in [-0.2, -0.15) is 0 Å². The van der Waals surface area contributed by atoms with E-state index in [1.54, 1.807) is 6.20 Å². The van der Waals surface area contributed by atoms with E-state index in [0.29, 0.717) is 50.0 Å². The number of aryl methyl sites for hydroxylation is 2. The molecule has 1 aromatic heterocycles. The lowest BCUT2D eigenvalue weighted by atomic mass is 9.98. The maximum Gasteiger partial charge on any atom is 0.320 e. The molecule has 0 aliphatic carbocycles. The molecule has 0 saturated carbocycles. The molecule has 2 amide bonds. The van der Waals surface area contributed by atoms with Crippen molar-refractivity contribution < 1.29 is 14.6 Å². The summed E-state index contributed by atoms with van der Waals surface area (Å²) in [5, 5.41) is 14.1. The fraction of sp³-hybridized carbons (Fsp3) is 0.486. The second kappa shape index (κ2) is 14.1. The number of benzene rings is 2. The monoisotopic (exact) mass is 653 g/mol. The first kappa shape index (κ1) is 32.4. The number of aliphatic hydroxyl groups is 1. The maximum absolute atomic E-state index is 13.1. The van der Waals surface area contributed by atoms with Crippen LogP contribution >= 0.6 is 0 Å². The number of piperazine rings is 1. The summed E-state index contributed by atoms with van der Waals surface area (Å²) < 4.78 is 5.41. The number of amides is 2. The molecule has 7 rings (SSSR count). The van der Waals surface area contributed by atoms with Crippen LogP contribution in [0.25, 0.3) is 0 Å². The number of aliphatic hydroxyl groups excluding tert-OH is 1. The summed E-state index contributed by atoms with van der Waals surface area (Å²) in [7, 11) is 0. The van der Waals surface area contributed by atoms with Crippen LogP contribution in [0.1, 0.15) is 46.8 Å². The van der Waals surface area contributed by atoms with Gasteiger partial charge in [-0.15, -0.1) is 0 Å². The molecule has 2 aromatic carbocycles. The van der Waals surface area contributed by atoms with E-state index in [1.165, 1.54) is 5.69 Å². The molecule has 3 aromatic rings. The molecule has 3 saturated heterocycles. The first-order valence-corrected chi connectivity index (χ1v) is 17.4. The Hall–Kier alpha value is -4.19. The van der Waals surface area contributed by atoms with Crippen LogP contribution in [0.5, 0.6) is 0 Å². The molecule has 3 N–H and O–H groups in total. The van der Waals surface area contributed by atoms with Crippen LogP contribution < -0.4 is 15.8 Å². The zero-order chi connectivity index (χ0) is 33.2. The summed E-state index contributed by atoms with van der Waals surface area (Å²) in [5.74, 6) is 0. The number of ether oxygens (including phenoxy) is 1. The number of hydrogen-bond donors (Lipinski definition) is 3. The molecule has 11 nitrogen and oxygen atoms in total. The van der Waals surface area contributed by atoms with E-state index in [0.717, 1.165) is 85.8 Å². The van der Waals surface area contributed by atoms with Crippen molar-refractivity contribution in [2.45, 2.75) is 45.3 Å². The summed E-state index contributed by atoms with van der Waals surface area (Å²) in [6.45, 7) is 12.4. The average Bonchev–Trinajstić information content (AvgIpc) is 3.55. The van der Waals surface area contributed by atoms with E-state index in [4.69, 9.17) is 9.73 Å². The number of anilines is 2. The molecule has 11 heteroatoms. The van der Waals surface area contributed by atoms with Gasteiger partial charge in [-0.3, -0.25) is 14.7 Å². The summed E-state index contributed by atoms with van der Waals surface area (Å²) in [4.78, 5) is 42.9. The van der Waals surface area contributed by atoms with Gasteiger partial charge in [0.2, 0.25) is 0 Å². The first-order valence-electron chi connectivity index (χ1n) is 17.4. The second-order valence-electron chi connectivity index (χ2n) is 13.5. The van der Waals surface area contributed by atoms with Gasteiger partial charge in [-0.05, 0) is 61.6 Å². The molecular formula is C37H47N7O4. The highest BCUT2D eigenvalue weighted by Crippen LogP contribution is 2.37. The maximum atomic E-state index is 13.1. The number of aromatic nitrogens is 1. The van der Waals surface area contributed by atoms with Crippen molar-refractivity contribution in [3.63, 3.8) is 0 Å². The minimum atomic E-state index is -0.706. The van der Waals surface area contributed by atoms with E-state index in [9.17, 15) is 14.7 Å². The molecule has 1 atom stereocenters. The summed E-state index contributed by atoms with van der Waals surface area (Å²) >= 11 is 0. The number of piperidine rings is 1. The molecule has 0 spiro atoms. The molecule has 48 heavy (non-hydrogen) atoms. The van der Waals surface area contributed by atoms with E-state index < -0.39 is 6.10 Å². The van der Waals surface area contributed by atoms with Gasteiger partial charge in [0, 0.05) is 83.2 Å². The van der Waals surface area contributed by atoms with Crippen LogP contribution in [0.3, 0.4) is 0 Å². The van der Waals surface area contributed by atoms with Crippen molar-refractivity contribution in [2.24, 2.45) is 4.99 Å². The van der Waals surface area contributed by atoms with Gasteiger partial charge in [0.25, 0.3) is 5.56 Å². The highest BCUT2D eigenvalue weighted by atomic mass is 16.5. The lowest BCUT2D eigenvalue weighted by molar-refractivity contribution is 0.0335. The number of H-pyrrole nitrogens is 1. The van der Waals surface area contributed by atoms with E-state index in [-0.39, 0.29) is 18.1 Å². The number of morpholine rings is 1. The average molecular weight is 654 g/mol. The number of fused-ring (bicyclic) bond motifs is 1. The van der Waals surface area contributed by atoms with E-state index in [2.05, 4.69) is 39.2 Å². The van der Waals surface area contributed by atoms with E-state index in [1.807, 2.05) is 47.1 Å². The fourth-order valence-corrected chi connectivity index (χ4v) is 7.64. The molecule has 4 aliphatic rings. The SMILES string of the molecule is Cc1cccc(C(O)CNc2cc[nH]c(=O)c2C2=Nc3c(C)cc(N4CCC(N5CCN(C(=O)N6CCOCC6)CC5)CC4)cc3C2)c1. The second-order valence-corrected chi connectivity index (χ2v) is 13.5. The molecule has 0 radical (unpaired) electrons. The predicted octanol–water partition coefficient (Wildman–Crippen LogP) is 3.85. The Bertz CT molecular complexity index is 1720. The molecule has 1 unspecified atom stereocenters. The van der Waals surface area contributed by atoms with Gasteiger partial charge in [-0.1, -0.05) is 29.8 Å². The van der Waals surface area contributed by atoms with Crippen molar-refractivity contribution in [3.8, 4) is 0 Å². The van der Waals surface area contributed by atoms with Gasteiger partial charge in [0.1, 0.15) is 0 Å². The number of urea groups is 1. The summed E-state index contributed by atoms with van der Waals surface area (Å²) in [5.41, 5.74) is 8.08. The molecule has 254 valence electrons. The normalized spacial score (nSPS) is 19.6. The number of pyridine rings is 1. The number of nitrogens with one attached hydrogen (secondary N) is 2. The largest absolute Gasteiger partial charge is 0.387 e. The molecular weight excluding hydrogens is 606 g/mol. The van der Waals surface area contributed by atoms with Gasteiger partial charge < -0.3 is 34.8 Å².